The second kappa shape index (κ2) is 5.31. The lowest BCUT2D eigenvalue weighted by Gasteiger charge is -2.04. The number of hydrogen-bond acceptors (Lipinski definition) is 4. The number of rotatable bonds is 3. The van der Waals surface area contributed by atoms with Crippen LogP contribution in [0.25, 0.3) is 0 Å². The molecule has 0 spiro atoms. The molecule has 23 heavy (non-hydrogen) atoms. The molecular weight excluding hydrogens is 339 g/mol. The summed E-state index contributed by atoms with van der Waals surface area (Å²) < 4.78 is 38.6. The van der Waals surface area contributed by atoms with Crippen molar-refractivity contribution in [3.05, 3.63) is 64.9 Å². The van der Waals surface area contributed by atoms with E-state index in [1.54, 1.807) is 0 Å². The summed E-state index contributed by atoms with van der Waals surface area (Å²) >= 11 is 5.77. The Morgan fingerprint density at radius 3 is 2.22 bits per heavy atom. The lowest BCUT2D eigenvalue weighted by Crippen LogP contribution is -2.29. The van der Waals surface area contributed by atoms with E-state index in [1.165, 1.54) is 48.5 Å². The molecular formula is C16H12ClFN2O2S. The maximum Gasteiger partial charge on any atom is 0.184 e. The minimum atomic E-state index is -3.81. The topological polar surface area (TPSA) is 83.9 Å². The van der Waals surface area contributed by atoms with Gasteiger partial charge in [-0.15, -0.1) is 0 Å². The molecule has 0 saturated heterocycles. The average molecular weight is 351 g/mol. The Hall–Kier alpha value is -1.94. The molecule has 0 unspecified atom stereocenters. The Morgan fingerprint density at radius 1 is 1.13 bits per heavy atom. The van der Waals surface area contributed by atoms with Gasteiger partial charge >= 0.3 is 0 Å². The first-order chi connectivity index (χ1) is 10.8. The maximum atomic E-state index is 13.1. The number of sulfone groups is 1. The highest BCUT2D eigenvalue weighted by Crippen LogP contribution is 2.55. The van der Waals surface area contributed by atoms with Crippen LogP contribution in [0.15, 0.2) is 53.4 Å². The van der Waals surface area contributed by atoms with Gasteiger partial charge in [0.2, 0.25) is 0 Å². The molecule has 2 aromatic carbocycles. The zero-order valence-electron chi connectivity index (χ0n) is 11.8. The van der Waals surface area contributed by atoms with Crippen molar-refractivity contribution in [3.8, 4) is 6.07 Å². The van der Waals surface area contributed by atoms with Crippen LogP contribution in [0.1, 0.15) is 11.5 Å². The van der Waals surface area contributed by atoms with Gasteiger partial charge in [0.15, 0.2) is 9.84 Å². The summed E-state index contributed by atoms with van der Waals surface area (Å²) in [7, 11) is -3.81. The average Bonchev–Trinajstić information content (AvgIpc) is 3.16. The monoisotopic (exact) mass is 350 g/mol. The Bertz CT molecular complexity index is 891. The van der Waals surface area contributed by atoms with Crippen LogP contribution in [0.4, 0.5) is 4.39 Å². The van der Waals surface area contributed by atoms with Crippen LogP contribution in [0, 0.1) is 17.1 Å². The molecule has 0 aromatic heterocycles. The second-order valence-electron chi connectivity index (χ2n) is 5.49. The van der Waals surface area contributed by atoms with Crippen LogP contribution in [-0.4, -0.2) is 19.2 Å². The molecule has 2 N–H and O–H groups in total. The molecule has 4 nitrogen and oxygen atoms in total. The Labute approximate surface area is 138 Å². The first-order valence-electron chi connectivity index (χ1n) is 6.76. The summed E-state index contributed by atoms with van der Waals surface area (Å²) in [6.45, 7) is 0. The van der Waals surface area contributed by atoms with Crippen molar-refractivity contribution in [2.24, 2.45) is 5.73 Å². The molecule has 0 amide bonds. The minimum absolute atomic E-state index is 0.0570. The summed E-state index contributed by atoms with van der Waals surface area (Å²) in [6.07, 6.45) is 0. The molecule has 0 bridgehead atoms. The number of benzene rings is 2. The van der Waals surface area contributed by atoms with Crippen LogP contribution in [0.2, 0.25) is 5.02 Å². The van der Waals surface area contributed by atoms with E-state index >= 15 is 0 Å². The van der Waals surface area contributed by atoms with Crippen LogP contribution < -0.4 is 5.73 Å². The molecule has 0 heterocycles. The van der Waals surface area contributed by atoms with Crippen molar-refractivity contribution in [2.45, 2.75) is 21.6 Å². The number of nitrogens with two attached hydrogens (primary N) is 1. The zero-order chi connectivity index (χ0) is 16.8. The van der Waals surface area contributed by atoms with Crippen molar-refractivity contribution in [2.75, 3.05) is 0 Å². The summed E-state index contributed by atoms with van der Waals surface area (Å²) in [5.74, 6) is -1.14. The van der Waals surface area contributed by atoms with Gasteiger partial charge in [-0.1, -0.05) is 23.7 Å². The molecule has 1 fully saturated rings. The van der Waals surface area contributed by atoms with Gasteiger partial charge in [0.05, 0.1) is 11.0 Å². The second-order valence-corrected chi connectivity index (χ2v) is 8.00. The zero-order valence-corrected chi connectivity index (χ0v) is 13.4. The standard InChI is InChI=1S/C16H12ClFN2O2S/c17-11-3-7-13(8-4-11)23(21,22)15-14(16(15,20)9-19)10-1-5-12(18)6-2-10/h1-8,14-15H,20H2/t14-,15+,16+/m1/s1. The largest absolute Gasteiger partial charge is 0.312 e. The molecule has 2 aromatic rings. The van der Waals surface area contributed by atoms with Crippen molar-refractivity contribution in [1.29, 1.82) is 5.26 Å². The Morgan fingerprint density at radius 2 is 1.70 bits per heavy atom. The van der Waals surface area contributed by atoms with Crippen molar-refractivity contribution >= 4 is 21.4 Å². The number of nitrogens with zero attached hydrogens (tertiary/aromatic N) is 1. The van der Waals surface area contributed by atoms with E-state index in [2.05, 4.69) is 0 Å². The van der Waals surface area contributed by atoms with Gasteiger partial charge in [-0.2, -0.15) is 5.26 Å². The van der Waals surface area contributed by atoms with Crippen LogP contribution in [0.5, 0.6) is 0 Å². The van der Waals surface area contributed by atoms with Gasteiger partial charge in [0, 0.05) is 10.9 Å². The third kappa shape index (κ3) is 2.51. The SMILES string of the molecule is N#C[C@]1(N)[C@H](c2ccc(F)cc2)[C@@H]1S(=O)(=O)c1ccc(Cl)cc1. The summed E-state index contributed by atoms with van der Waals surface area (Å²) in [6, 6.07) is 12.9. The van der Waals surface area contributed by atoms with Gasteiger partial charge in [-0.3, -0.25) is 0 Å². The lowest BCUT2D eigenvalue weighted by atomic mass is 10.1. The molecule has 0 radical (unpaired) electrons. The summed E-state index contributed by atoms with van der Waals surface area (Å²) in [5.41, 5.74) is 4.99. The number of hydrogen-bond donors (Lipinski definition) is 1. The normalized spacial score (nSPS) is 26.5. The van der Waals surface area contributed by atoms with Gasteiger partial charge in [-0.25, -0.2) is 12.8 Å². The molecule has 3 atom stereocenters. The van der Waals surface area contributed by atoms with E-state index < -0.39 is 32.4 Å². The fourth-order valence-electron chi connectivity index (χ4n) is 2.83. The molecule has 118 valence electrons. The molecule has 1 aliphatic carbocycles. The van der Waals surface area contributed by atoms with Gasteiger partial charge < -0.3 is 5.73 Å². The van der Waals surface area contributed by atoms with E-state index in [9.17, 15) is 18.1 Å². The van der Waals surface area contributed by atoms with Crippen LogP contribution in [0.3, 0.4) is 0 Å². The van der Waals surface area contributed by atoms with Gasteiger partial charge in [0.1, 0.15) is 16.6 Å². The highest BCUT2D eigenvalue weighted by molar-refractivity contribution is 7.92. The van der Waals surface area contributed by atoms with E-state index in [4.69, 9.17) is 17.3 Å². The van der Waals surface area contributed by atoms with Gasteiger partial charge in [0.25, 0.3) is 0 Å². The highest BCUT2D eigenvalue weighted by Gasteiger charge is 2.70. The fraction of sp³-hybridized carbons (Fsp3) is 0.188. The summed E-state index contributed by atoms with van der Waals surface area (Å²) in [4.78, 5) is 0.0570. The molecule has 1 saturated carbocycles. The van der Waals surface area contributed by atoms with Crippen molar-refractivity contribution in [1.82, 2.24) is 0 Å². The fourth-order valence-corrected chi connectivity index (χ4v) is 5.14. The van der Waals surface area contributed by atoms with E-state index in [0.29, 0.717) is 10.6 Å². The molecule has 3 rings (SSSR count). The van der Waals surface area contributed by atoms with Crippen LogP contribution in [-0.2, 0) is 9.84 Å². The first kappa shape index (κ1) is 15.9. The number of nitriles is 1. The van der Waals surface area contributed by atoms with Gasteiger partial charge in [-0.05, 0) is 42.0 Å². The molecule has 0 aliphatic heterocycles. The Balaban J connectivity index is 2.03. The van der Waals surface area contributed by atoms with E-state index in [1.807, 2.05) is 6.07 Å². The quantitative estimate of drug-likeness (QED) is 0.922. The third-order valence-corrected chi connectivity index (χ3v) is 6.59. The highest BCUT2D eigenvalue weighted by atomic mass is 35.5. The number of halogens is 2. The maximum absolute atomic E-state index is 13.1. The molecule has 7 heteroatoms. The van der Waals surface area contributed by atoms with E-state index in [0.717, 1.165) is 0 Å². The van der Waals surface area contributed by atoms with Crippen molar-refractivity contribution < 1.29 is 12.8 Å². The van der Waals surface area contributed by atoms with E-state index in [-0.39, 0.29) is 4.90 Å². The first-order valence-corrected chi connectivity index (χ1v) is 8.68. The summed E-state index contributed by atoms with van der Waals surface area (Å²) in [5, 5.41) is 8.68. The molecule has 1 aliphatic rings. The lowest BCUT2D eigenvalue weighted by molar-refractivity contribution is 0.592. The minimum Gasteiger partial charge on any atom is -0.312 e. The van der Waals surface area contributed by atoms with Crippen molar-refractivity contribution in [3.63, 3.8) is 0 Å². The predicted octanol–water partition coefficient (Wildman–Crippen LogP) is 2.64. The van der Waals surface area contributed by atoms with Crippen LogP contribution >= 0.6 is 11.6 Å². The predicted molar refractivity (Wildman–Crippen MR) is 84.1 cm³/mol. The smallest absolute Gasteiger partial charge is 0.184 e. The third-order valence-electron chi connectivity index (χ3n) is 4.08. The Kier molecular flexibility index (Phi) is 3.68.